The Kier molecular flexibility index (Phi) is 6.30. The van der Waals surface area contributed by atoms with Crippen molar-refractivity contribution in [3.63, 3.8) is 0 Å². The highest BCUT2D eigenvalue weighted by Crippen LogP contribution is 2.23. The maximum Gasteiger partial charge on any atom is 0.415 e. The molecule has 0 unspecified atom stereocenters. The first-order chi connectivity index (χ1) is 15.4. The number of rotatable bonds is 7. The van der Waals surface area contributed by atoms with Crippen molar-refractivity contribution in [1.29, 1.82) is 0 Å². The molecule has 0 bridgehead atoms. The van der Waals surface area contributed by atoms with Gasteiger partial charge in [-0.15, -0.1) is 0 Å². The Bertz CT molecular complexity index is 1220. The van der Waals surface area contributed by atoms with E-state index in [9.17, 15) is 4.79 Å². The van der Waals surface area contributed by atoms with Crippen molar-refractivity contribution in [2.75, 3.05) is 6.54 Å². The van der Waals surface area contributed by atoms with E-state index in [0.717, 1.165) is 46.4 Å². The van der Waals surface area contributed by atoms with Crippen LogP contribution in [0.4, 0.5) is 4.79 Å². The van der Waals surface area contributed by atoms with Crippen LogP contribution >= 0.6 is 0 Å². The van der Waals surface area contributed by atoms with Gasteiger partial charge in [-0.1, -0.05) is 29.8 Å². The first-order valence-corrected chi connectivity index (χ1v) is 11.0. The van der Waals surface area contributed by atoms with E-state index >= 15 is 0 Å². The molecule has 4 rings (SSSR count). The minimum Gasteiger partial charge on any atom is -0.446 e. The molecule has 166 valence electrons. The lowest BCUT2D eigenvalue weighted by molar-refractivity contribution is 0.152. The lowest BCUT2D eigenvalue weighted by Crippen LogP contribution is -2.32. The van der Waals surface area contributed by atoms with Gasteiger partial charge in [0.25, 0.3) is 0 Å². The second kappa shape index (κ2) is 9.30. The fourth-order valence-electron chi connectivity index (χ4n) is 3.93. The van der Waals surface area contributed by atoms with Crippen LogP contribution in [-0.4, -0.2) is 27.1 Å². The summed E-state index contributed by atoms with van der Waals surface area (Å²) in [6, 6.07) is 15.8. The van der Waals surface area contributed by atoms with Gasteiger partial charge in [0.1, 0.15) is 11.5 Å². The molecule has 0 saturated carbocycles. The second-order valence-electron chi connectivity index (χ2n) is 8.04. The number of hydrogen-bond donors (Lipinski definition) is 0. The summed E-state index contributed by atoms with van der Waals surface area (Å²) in [5.74, 6) is 2.14. The average molecular weight is 432 g/mol. The Labute approximate surface area is 188 Å². The third-order valence-corrected chi connectivity index (χ3v) is 5.72. The van der Waals surface area contributed by atoms with Crippen LogP contribution in [0.1, 0.15) is 35.4 Å². The number of benzene rings is 2. The molecule has 6 nitrogen and oxygen atoms in total. The van der Waals surface area contributed by atoms with Gasteiger partial charge in [-0.05, 0) is 50.6 Å². The van der Waals surface area contributed by atoms with Crippen molar-refractivity contribution in [3.05, 3.63) is 83.2 Å². The van der Waals surface area contributed by atoms with Crippen molar-refractivity contribution in [2.45, 2.75) is 47.2 Å². The number of hydrogen-bond acceptors (Lipinski definition) is 4. The molecule has 1 amide bonds. The smallest absolute Gasteiger partial charge is 0.415 e. The van der Waals surface area contributed by atoms with E-state index < -0.39 is 0 Å². The Morgan fingerprint density at radius 2 is 1.88 bits per heavy atom. The topological polar surface area (TPSA) is 60.5 Å². The van der Waals surface area contributed by atoms with E-state index in [0.29, 0.717) is 24.7 Å². The third kappa shape index (κ3) is 4.69. The first kappa shape index (κ1) is 21.7. The van der Waals surface area contributed by atoms with Crippen LogP contribution in [0.25, 0.3) is 10.9 Å². The normalized spacial score (nSPS) is 11.1. The lowest BCUT2D eigenvalue weighted by atomic mass is 10.1. The van der Waals surface area contributed by atoms with Crippen LogP contribution in [0.2, 0.25) is 0 Å². The SMILES string of the molecule is CCN(Cc1cccc2c1ccn2CCc1nc(C)oc1C)C(=O)Oc1ccc(C)cc1. The highest BCUT2D eigenvalue weighted by molar-refractivity contribution is 5.84. The van der Waals surface area contributed by atoms with Gasteiger partial charge >= 0.3 is 6.09 Å². The van der Waals surface area contributed by atoms with E-state index in [1.54, 1.807) is 4.90 Å². The summed E-state index contributed by atoms with van der Waals surface area (Å²) in [5.41, 5.74) is 4.36. The quantitative estimate of drug-likeness (QED) is 0.370. The average Bonchev–Trinajstić information content (AvgIpc) is 3.34. The van der Waals surface area contributed by atoms with Crippen molar-refractivity contribution in [1.82, 2.24) is 14.5 Å². The summed E-state index contributed by atoms with van der Waals surface area (Å²) in [4.78, 5) is 18.9. The van der Waals surface area contributed by atoms with Crippen LogP contribution in [0.15, 0.2) is 59.1 Å². The van der Waals surface area contributed by atoms with Crippen LogP contribution in [-0.2, 0) is 19.5 Å². The Morgan fingerprint density at radius 1 is 1.09 bits per heavy atom. The largest absolute Gasteiger partial charge is 0.446 e. The molecule has 2 heterocycles. The fourth-order valence-corrected chi connectivity index (χ4v) is 3.93. The molecule has 0 atom stereocenters. The third-order valence-electron chi connectivity index (χ3n) is 5.72. The van der Waals surface area contributed by atoms with Gasteiger partial charge < -0.3 is 18.6 Å². The molecule has 0 saturated heterocycles. The molecule has 0 fully saturated rings. The predicted octanol–water partition coefficient (Wildman–Crippen LogP) is 5.82. The molecule has 0 radical (unpaired) electrons. The Hall–Kier alpha value is -3.54. The zero-order valence-corrected chi connectivity index (χ0v) is 19.1. The van der Waals surface area contributed by atoms with Crippen LogP contribution in [0.3, 0.4) is 0 Å². The Morgan fingerprint density at radius 3 is 2.56 bits per heavy atom. The van der Waals surface area contributed by atoms with Gasteiger partial charge in [0.15, 0.2) is 5.89 Å². The van der Waals surface area contributed by atoms with Gasteiger partial charge in [0.05, 0.1) is 5.69 Å². The highest BCUT2D eigenvalue weighted by Gasteiger charge is 2.17. The molecule has 2 aromatic carbocycles. The molecule has 0 spiro atoms. The number of ether oxygens (including phenoxy) is 1. The summed E-state index contributed by atoms with van der Waals surface area (Å²) in [6.45, 7) is 9.66. The summed E-state index contributed by atoms with van der Waals surface area (Å²) in [7, 11) is 0. The zero-order valence-electron chi connectivity index (χ0n) is 19.1. The fraction of sp³-hybridized carbons (Fsp3) is 0.308. The maximum atomic E-state index is 12.8. The number of nitrogens with zero attached hydrogens (tertiary/aromatic N) is 3. The number of amides is 1. The summed E-state index contributed by atoms with van der Waals surface area (Å²) in [5, 5.41) is 1.14. The number of oxazole rings is 1. The molecule has 4 aromatic rings. The Balaban J connectivity index is 1.49. The zero-order chi connectivity index (χ0) is 22.7. The van der Waals surface area contributed by atoms with Gasteiger partial charge in [-0.25, -0.2) is 9.78 Å². The molecular formula is C26H29N3O3. The summed E-state index contributed by atoms with van der Waals surface area (Å²) in [6.07, 6.45) is 2.56. The number of aryl methyl sites for hydroxylation is 5. The molecule has 0 aliphatic carbocycles. The molecule has 0 aliphatic heterocycles. The van der Waals surface area contributed by atoms with Gasteiger partial charge in [-0.3, -0.25) is 0 Å². The van der Waals surface area contributed by atoms with Crippen LogP contribution in [0.5, 0.6) is 5.75 Å². The molecule has 2 aromatic heterocycles. The van der Waals surface area contributed by atoms with Crippen molar-refractivity contribution in [2.24, 2.45) is 0 Å². The van der Waals surface area contributed by atoms with E-state index in [-0.39, 0.29) is 6.09 Å². The second-order valence-corrected chi connectivity index (χ2v) is 8.04. The molecule has 0 aliphatic rings. The number of aromatic nitrogens is 2. The van der Waals surface area contributed by atoms with E-state index in [1.165, 1.54) is 0 Å². The van der Waals surface area contributed by atoms with Gasteiger partial charge in [0, 0.05) is 50.1 Å². The van der Waals surface area contributed by atoms with E-state index in [4.69, 9.17) is 9.15 Å². The van der Waals surface area contributed by atoms with Crippen molar-refractivity contribution >= 4 is 17.0 Å². The number of fused-ring (bicyclic) bond motifs is 1. The standard InChI is InChI=1S/C26H29N3O3/c1-5-28(26(30)32-22-11-9-18(2)10-12-22)17-21-7-6-8-25-23(21)13-15-29(25)16-14-24-19(3)31-20(4)27-24/h6-13,15H,5,14,16-17H2,1-4H3. The molecule has 0 N–H and O–H groups in total. The molecular weight excluding hydrogens is 402 g/mol. The molecule has 6 heteroatoms. The van der Waals surface area contributed by atoms with Gasteiger partial charge in [-0.2, -0.15) is 0 Å². The predicted molar refractivity (Wildman–Crippen MR) is 125 cm³/mol. The minimum atomic E-state index is -0.343. The monoisotopic (exact) mass is 431 g/mol. The number of carbonyl (C=O) groups is 1. The van der Waals surface area contributed by atoms with E-state index in [2.05, 4.69) is 33.9 Å². The van der Waals surface area contributed by atoms with Crippen LogP contribution < -0.4 is 4.74 Å². The summed E-state index contributed by atoms with van der Waals surface area (Å²) >= 11 is 0. The minimum absolute atomic E-state index is 0.343. The van der Waals surface area contributed by atoms with Crippen molar-refractivity contribution in [3.8, 4) is 5.75 Å². The first-order valence-electron chi connectivity index (χ1n) is 11.0. The van der Waals surface area contributed by atoms with Gasteiger partial charge in [0.2, 0.25) is 0 Å². The van der Waals surface area contributed by atoms with E-state index in [1.807, 2.05) is 58.0 Å². The number of carbonyl (C=O) groups excluding carboxylic acids is 1. The highest BCUT2D eigenvalue weighted by atomic mass is 16.6. The molecule has 32 heavy (non-hydrogen) atoms. The lowest BCUT2D eigenvalue weighted by Gasteiger charge is -2.21. The van der Waals surface area contributed by atoms with Crippen LogP contribution in [0, 0.1) is 20.8 Å². The van der Waals surface area contributed by atoms with Crippen molar-refractivity contribution < 1.29 is 13.9 Å². The summed E-state index contributed by atoms with van der Waals surface area (Å²) < 4.78 is 13.4. The maximum absolute atomic E-state index is 12.8.